The number of para-hydroxylation sites is 1. The molecule has 150 valence electrons. The van der Waals surface area contributed by atoms with E-state index in [1.807, 2.05) is 18.2 Å². The quantitative estimate of drug-likeness (QED) is 0.606. The minimum Gasteiger partial charge on any atom is -0.493 e. The number of amides is 1. The van der Waals surface area contributed by atoms with Gasteiger partial charge in [0.05, 0.1) is 19.9 Å². The number of carbonyl (C=O) groups excluding carboxylic acids is 1. The number of nitrogens with zero attached hydrogens (tertiary/aromatic N) is 2. The Morgan fingerprint density at radius 1 is 1.00 bits per heavy atom. The molecule has 29 heavy (non-hydrogen) atoms. The number of ether oxygens (including phenoxy) is 2. The molecule has 0 aliphatic carbocycles. The van der Waals surface area contributed by atoms with Crippen LogP contribution < -0.4 is 20.1 Å². The van der Waals surface area contributed by atoms with E-state index >= 15 is 0 Å². The summed E-state index contributed by atoms with van der Waals surface area (Å²) >= 11 is 0. The molecule has 0 bridgehead atoms. The Bertz CT molecular complexity index is 980. The van der Waals surface area contributed by atoms with Gasteiger partial charge in [0.25, 0.3) is 5.91 Å². The zero-order valence-electron chi connectivity index (χ0n) is 16.1. The first-order chi connectivity index (χ1) is 14.1. The van der Waals surface area contributed by atoms with Crippen LogP contribution in [0.4, 0.5) is 15.9 Å². The van der Waals surface area contributed by atoms with Crippen LogP contribution in [0.2, 0.25) is 0 Å². The van der Waals surface area contributed by atoms with Gasteiger partial charge < -0.3 is 20.1 Å². The topological polar surface area (TPSA) is 85.4 Å². The van der Waals surface area contributed by atoms with Crippen molar-refractivity contribution in [2.24, 2.45) is 0 Å². The number of rotatable bonds is 8. The van der Waals surface area contributed by atoms with E-state index in [9.17, 15) is 9.18 Å². The van der Waals surface area contributed by atoms with Gasteiger partial charge in [-0.05, 0) is 48.4 Å². The van der Waals surface area contributed by atoms with Crippen LogP contribution in [0.1, 0.15) is 16.1 Å². The van der Waals surface area contributed by atoms with Gasteiger partial charge in [0, 0.05) is 6.54 Å². The molecule has 0 unspecified atom stereocenters. The zero-order valence-corrected chi connectivity index (χ0v) is 16.1. The molecule has 0 radical (unpaired) electrons. The third-order valence-electron chi connectivity index (χ3n) is 4.19. The molecule has 0 atom stereocenters. The highest BCUT2D eigenvalue weighted by atomic mass is 19.1. The summed E-state index contributed by atoms with van der Waals surface area (Å²) in [5.74, 6) is 0.851. The maximum atomic E-state index is 13.6. The monoisotopic (exact) mass is 396 g/mol. The van der Waals surface area contributed by atoms with Crippen molar-refractivity contribution in [3.05, 3.63) is 71.7 Å². The van der Waals surface area contributed by atoms with Crippen LogP contribution in [0.5, 0.6) is 11.5 Å². The van der Waals surface area contributed by atoms with E-state index in [-0.39, 0.29) is 11.4 Å². The smallest absolute Gasteiger partial charge is 0.276 e. The van der Waals surface area contributed by atoms with E-state index in [0.29, 0.717) is 23.9 Å². The van der Waals surface area contributed by atoms with Gasteiger partial charge in [-0.2, -0.15) is 0 Å². The lowest BCUT2D eigenvalue weighted by molar-refractivity contribution is 0.102. The largest absolute Gasteiger partial charge is 0.493 e. The van der Waals surface area contributed by atoms with Gasteiger partial charge >= 0.3 is 0 Å². The average Bonchev–Trinajstić information content (AvgIpc) is 2.75. The molecule has 0 saturated carbocycles. The van der Waals surface area contributed by atoms with Crippen LogP contribution in [0.15, 0.2) is 54.6 Å². The summed E-state index contributed by atoms with van der Waals surface area (Å²) in [5.41, 5.74) is 1.26. The van der Waals surface area contributed by atoms with Gasteiger partial charge in [-0.15, -0.1) is 10.2 Å². The number of anilines is 2. The molecule has 7 nitrogen and oxygen atoms in total. The van der Waals surface area contributed by atoms with Crippen molar-refractivity contribution >= 4 is 17.4 Å². The first kappa shape index (κ1) is 20.1. The van der Waals surface area contributed by atoms with Gasteiger partial charge in [-0.25, -0.2) is 4.39 Å². The first-order valence-electron chi connectivity index (χ1n) is 8.95. The summed E-state index contributed by atoms with van der Waals surface area (Å²) in [6.07, 6.45) is 0.734. The summed E-state index contributed by atoms with van der Waals surface area (Å²) < 4.78 is 24.1. The molecule has 2 aromatic carbocycles. The van der Waals surface area contributed by atoms with E-state index in [4.69, 9.17) is 9.47 Å². The number of halogens is 1. The molecule has 0 saturated heterocycles. The van der Waals surface area contributed by atoms with E-state index in [1.165, 1.54) is 18.2 Å². The number of benzene rings is 2. The van der Waals surface area contributed by atoms with Crippen molar-refractivity contribution in [1.29, 1.82) is 0 Å². The Hall–Kier alpha value is -3.68. The van der Waals surface area contributed by atoms with Crippen LogP contribution in [0.3, 0.4) is 0 Å². The van der Waals surface area contributed by atoms with Gasteiger partial charge in [0.1, 0.15) is 11.6 Å². The van der Waals surface area contributed by atoms with E-state index in [2.05, 4.69) is 20.8 Å². The van der Waals surface area contributed by atoms with Crippen LogP contribution in [0, 0.1) is 5.82 Å². The lowest BCUT2D eigenvalue weighted by Crippen LogP contribution is -2.16. The van der Waals surface area contributed by atoms with Crippen LogP contribution >= 0.6 is 0 Å². The second-order valence-electron chi connectivity index (χ2n) is 6.10. The number of aromatic nitrogens is 2. The first-order valence-corrected chi connectivity index (χ1v) is 8.95. The molecular formula is C21H21FN4O3. The highest BCUT2D eigenvalue weighted by Gasteiger charge is 2.11. The standard InChI is InChI=1S/C21H21FN4O3/c1-28-18-9-7-14(13-19(18)29-2)11-12-23-20-10-8-17(25-26-20)21(27)24-16-6-4-3-5-15(16)22/h3-10,13H,11-12H2,1-2H3,(H,23,26)(H,24,27). The minimum absolute atomic E-state index is 0.0939. The Balaban J connectivity index is 1.54. The third-order valence-corrected chi connectivity index (χ3v) is 4.19. The van der Waals surface area contributed by atoms with Crippen LogP contribution in [-0.4, -0.2) is 36.9 Å². The summed E-state index contributed by atoms with van der Waals surface area (Å²) in [6.45, 7) is 0.616. The summed E-state index contributed by atoms with van der Waals surface area (Å²) in [7, 11) is 3.19. The second kappa shape index (κ2) is 9.50. The number of nitrogens with one attached hydrogen (secondary N) is 2. The molecule has 3 rings (SSSR count). The summed E-state index contributed by atoms with van der Waals surface area (Å²) in [4.78, 5) is 12.2. The van der Waals surface area contributed by atoms with Crippen LogP contribution in [-0.2, 0) is 6.42 Å². The number of hydrogen-bond acceptors (Lipinski definition) is 6. The number of carbonyl (C=O) groups is 1. The summed E-state index contributed by atoms with van der Waals surface area (Å²) in [6, 6.07) is 14.9. The highest BCUT2D eigenvalue weighted by Crippen LogP contribution is 2.27. The Kier molecular flexibility index (Phi) is 6.57. The van der Waals surface area contributed by atoms with Crippen LogP contribution in [0.25, 0.3) is 0 Å². The Morgan fingerprint density at radius 2 is 1.79 bits per heavy atom. The average molecular weight is 396 g/mol. The molecule has 0 aliphatic rings. The molecule has 8 heteroatoms. The van der Waals surface area contributed by atoms with E-state index < -0.39 is 11.7 Å². The molecule has 1 aromatic heterocycles. The van der Waals surface area contributed by atoms with Gasteiger partial charge in [-0.3, -0.25) is 4.79 Å². The van der Waals surface area contributed by atoms with Gasteiger partial charge in [-0.1, -0.05) is 18.2 Å². The molecule has 0 aliphatic heterocycles. The van der Waals surface area contributed by atoms with Crippen molar-refractivity contribution in [2.75, 3.05) is 31.4 Å². The lowest BCUT2D eigenvalue weighted by Gasteiger charge is -2.10. The Morgan fingerprint density at radius 3 is 2.48 bits per heavy atom. The minimum atomic E-state index is -0.528. The van der Waals surface area contributed by atoms with E-state index in [0.717, 1.165) is 12.0 Å². The van der Waals surface area contributed by atoms with E-state index in [1.54, 1.807) is 32.4 Å². The number of hydrogen-bond donors (Lipinski definition) is 2. The van der Waals surface area contributed by atoms with Crippen molar-refractivity contribution in [3.63, 3.8) is 0 Å². The maximum Gasteiger partial charge on any atom is 0.276 e. The highest BCUT2D eigenvalue weighted by molar-refractivity contribution is 6.02. The SMILES string of the molecule is COc1ccc(CCNc2ccc(C(=O)Nc3ccccc3F)nn2)cc1OC. The molecule has 2 N–H and O–H groups in total. The zero-order chi connectivity index (χ0) is 20.6. The fourth-order valence-corrected chi connectivity index (χ4v) is 2.67. The summed E-state index contributed by atoms with van der Waals surface area (Å²) in [5, 5.41) is 13.5. The second-order valence-corrected chi connectivity index (χ2v) is 6.10. The van der Waals surface area contributed by atoms with Crippen molar-refractivity contribution in [3.8, 4) is 11.5 Å². The van der Waals surface area contributed by atoms with Crippen molar-refractivity contribution < 1.29 is 18.7 Å². The molecule has 1 amide bonds. The van der Waals surface area contributed by atoms with Gasteiger partial charge in [0.2, 0.25) is 0 Å². The predicted molar refractivity (Wildman–Crippen MR) is 108 cm³/mol. The fraction of sp³-hybridized carbons (Fsp3) is 0.190. The molecular weight excluding hydrogens is 375 g/mol. The number of methoxy groups -OCH3 is 2. The maximum absolute atomic E-state index is 13.6. The molecule has 1 heterocycles. The lowest BCUT2D eigenvalue weighted by atomic mass is 10.1. The molecule has 3 aromatic rings. The Labute approximate surface area is 167 Å². The van der Waals surface area contributed by atoms with Crippen molar-refractivity contribution in [1.82, 2.24) is 10.2 Å². The van der Waals surface area contributed by atoms with Gasteiger partial charge in [0.15, 0.2) is 17.2 Å². The predicted octanol–water partition coefficient (Wildman–Crippen LogP) is 3.54. The normalized spacial score (nSPS) is 10.3. The fourth-order valence-electron chi connectivity index (χ4n) is 2.67. The molecule has 0 fully saturated rings. The van der Waals surface area contributed by atoms with Crippen molar-refractivity contribution in [2.45, 2.75) is 6.42 Å². The third kappa shape index (κ3) is 5.19. The molecule has 0 spiro atoms.